The van der Waals surface area contributed by atoms with Gasteiger partial charge in [0.2, 0.25) is 5.43 Å². The summed E-state index contributed by atoms with van der Waals surface area (Å²) in [5.41, 5.74) is 1.01. The maximum Gasteiger partial charge on any atom is 0.203 e. The van der Waals surface area contributed by atoms with Crippen LogP contribution in [0.15, 0.2) is 46.1 Å². The summed E-state index contributed by atoms with van der Waals surface area (Å²) < 4.78 is 5.55. The minimum absolute atomic E-state index is 0.0903. The van der Waals surface area contributed by atoms with Gasteiger partial charge < -0.3 is 4.42 Å². The molecule has 0 bridgehead atoms. The molecular formula is C11H6N2O2. The first-order chi connectivity index (χ1) is 7.36. The lowest BCUT2D eigenvalue weighted by Crippen LogP contribution is -2.02. The molecule has 0 spiro atoms. The van der Waals surface area contributed by atoms with Crippen LogP contribution in [0.1, 0.15) is 0 Å². The summed E-state index contributed by atoms with van der Waals surface area (Å²) in [6.45, 7) is 0. The van der Waals surface area contributed by atoms with Crippen molar-refractivity contribution in [3.05, 3.63) is 47.1 Å². The van der Waals surface area contributed by atoms with E-state index < -0.39 is 0 Å². The standard InChI is InChI=1S/C11H6N2O2/c14-11-7-5-12-3-1-9(7)15-10-2-4-13-6-8(10)11/h1-6H. The highest BCUT2D eigenvalue weighted by Crippen LogP contribution is 2.15. The molecular weight excluding hydrogens is 192 g/mol. The van der Waals surface area contributed by atoms with Crippen molar-refractivity contribution in [1.29, 1.82) is 0 Å². The Bertz CT molecular complexity index is 646. The molecule has 0 aliphatic rings. The molecule has 3 aromatic rings. The smallest absolute Gasteiger partial charge is 0.203 e. The van der Waals surface area contributed by atoms with Gasteiger partial charge in [-0.25, -0.2) is 0 Å². The fourth-order valence-electron chi connectivity index (χ4n) is 1.55. The second-order valence-corrected chi connectivity index (χ2v) is 3.17. The summed E-state index contributed by atoms with van der Waals surface area (Å²) >= 11 is 0. The van der Waals surface area contributed by atoms with E-state index in [2.05, 4.69) is 9.97 Å². The number of fused-ring (bicyclic) bond motifs is 2. The predicted molar refractivity (Wildman–Crippen MR) is 55.6 cm³/mol. The molecule has 0 aliphatic carbocycles. The first-order valence-electron chi connectivity index (χ1n) is 4.47. The minimum Gasteiger partial charge on any atom is -0.456 e. The monoisotopic (exact) mass is 198 g/mol. The van der Waals surface area contributed by atoms with E-state index in [9.17, 15) is 4.79 Å². The Morgan fingerprint density at radius 2 is 1.47 bits per heavy atom. The van der Waals surface area contributed by atoms with Crippen LogP contribution in [0, 0.1) is 0 Å². The highest BCUT2D eigenvalue weighted by atomic mass is 16.3. The van der Waals surface area contributed by atoms with Crippen molar-refractivity contribution in [3.63, 3.8) is 0 Å². The number of pyridine rings is 2. The van der Waals surface area contributed by atoms with Gasteiger partial charge in [-0.3, -0.25) is 14.8 Å². The van der Waals surface area contributed by atoms with Gasteiger partial charge in [-0.15, -0.1) is 0 Å². The average Bonchev–Trinajstić information content (AvgIpc) is 2.30. The second kappa shape index (κ2) is 2.88. The number of nitrogens with zero attached hydrogens (tertiary/aromatic N) is 2. The van der Waals surface area contributed by atoms with Gasteiger partial charge in [0, 0.05) is 24.8 Å². The molecule has 0 amide bonds. The summed E-state index contributed by atoms with van der Waals surface area (Å²) in [5, 5.41) is 0.969. The second-order valence-electron chi connectivity index (χ2n) is 3.17. The van der Waals surface area contributed by atoms with Gasteiger partial charge in [0.1, 0.15) is 11.2 Å². The van der Waals surface area contributed by atoms with E-state index in [0.29, 0.717) is 21.9 Å². The molecule has 0 saturated carbocycles. The van der Waals surface area contributed by atoms with Crippen molar-refractivity contribution < 1.29 is 4.42 Å². The zero-order chi connectivity index (χ0) is 10.3. The Kier molecular flexibility index (Phi) is 1.56. The zero-order valence-electron chi connectivity index (χ0n) is 7.68. The maximum absolute atomic E-state index is 11.9. The van der Waals surface area contributed by atoms with Crippen LogP contribution < -0.4 is 5.43 Å². The summed E-state index contributed by atoms with van der Waals surface area (Å²) in [7, 11) is 0. The van der Waals surface area contributed by atoms with Crippen molar-refractivity contribution in [2.45, 2.75) is 0 Å². The zero-order valence-corrected chi connectivity index (χ0v) is 7.68. The number of hydrogen-bond acceptors (Lipinski definition) is 4. The van der Waals surface area contributed by atoms with Gasteiger partial charge in [0.15, 0.2) is 0 Å². The van der Waals surface area contributed by atoms with Crippen LogP contribution in [0.5, 0.6) is 0 Å². The van der Waals surface area contributed by atoms with Crippen molar-refractivity contribution >= 4 is 21.9 Å². The highest BCUT2D eigenvalue weighted by Gasteiger charge is 2.06. The van der Waals surface area contributed by atoms with Gasteiger partial charge in [-0.1, -0.05) is 0 Å². The molecule has 0 fully saturated rings. The lowest BCUT2D eigenvalue weighted by Gasteiger charge is -1.98. The number of rotatable bonds is 0. The molecule has 3 rings (SSSR count). The minimum atomic E-state index is -0.0903. The summed E-state index contributed by atoms with van der Waals surface area (Å²) in [4.78, 5) is 19.7. The lowest BCUT2D eigenvalue weighted by molar-refractivity contribution is 0.658. The largest absolute Gasteiger partial charge is 0.456 e. The van der Waals surface area contributed by atoms with Crippen molar-refractivity contribution in [2.75, 3.05) is 0 Å². The van der Waals surface area contributed by atoms with Gasteiger partial charge in [-0.05, 0) is 12.1 Å². The van der Waals surface area contributed by atoms with E-state index in [1.807, 2.05) is 0 Å². The fraction of sp³-hybridized carbons (Fsp3) is 0. The Hall–Kier alpha value is -2.23. The molecule has 0 unspecified atom stereocenters. The molecule has 0 saturated heterocycles. The van der Waals surface area contributed by atoms with Crippen LogP contribution in [0.3, 0.4) is 0 Å². The third-order valence-corrected chi connectivity index (χ3v) is 2.27. The highest BCUT2D eigenvalue weighted by molar-refractivity contribution is 5.88. The third kappa shape index (κ3) is 1.11. The molecule has 72 valence electrons. The normalized spacial score (nSPS) is 10.9. The van der Waals surface area contributed by atoms with E-state index in [-0.39, 0.29) is 5.43 Å². The Labute approximate surface area is 84.2 Å². The number of hydrogen-bond donors (Lipinski definition) is 0. The molecule has 4 heteroatoms. The predicted octanol–water partition coefficient (Wildman–Crippen LogP) is 1.74. The molecule has 0 N–H and O–H groups in total. The van der Waals surface area contributed by atoms with Crippen molar-refractivity contribution in [1.82, 2.24) is 9.97 Å². The first kappa shape index (κ1) is 8.11. The van der Waals surface area contributed by atoms with Gasteiger partial charge in [0.05, 0.1) is 10.8 Å². The molecule has 3 aromatic heterocycles. The molecule has 0 atom stereocenters. The molecule has 15 heavy (non-hydrogen) atoms. The maximum atomic E-state index is 11.9. The molecule has 0 radical (unpaired) electrons. The van der Waals surface area contributed by atoms with E-state index >= 15 is 0 Å². The van der Waals surface area contributed by atoms with Crippen LogP contribution in [-0.4, -0.2) is 9.97 Å². The number of aromatic nitrogens is 2. The van der Waals surface area contributed by atoms with Crippen molar-refractivity contribution in [3.8, 4) is 0 Å². The first-order valence-corrected chi connectivity index (χ1v) is 4.47. The molecule has 4 nitrogen and oxygen atoms in total. The molecule has 0 aromatic carbocycles. The van der Waals surface area contributed by atoms with E-state index in [1.165, 1.54) is 12.4 Å². The topological polar surface area (TPSA) is 56.0 Å². The SMILES string of the molecule is O=c1c2cnccc2oc2ccncc12. The van der Waals surface area contributed by atoms with E-state index in [4.69, 9.17) is 4.42 Å². The summed E-state index contributed by atoms with van der Waals surface area (Å²) in [6, 6.07) is 3.35. The van der Waals surface area contributed by atoms with E-state index in [1.54, 1.807) is 24.5 Å². The lowest BCUT2D eigenvalue weighted by atomic mass is 10.2. The van der Waals surface area contributed by atoms with Crippen LogP contribution in [-0.2, 0) is 0 Å². The Balaban J connectivity index is 2.66. The van der Waals surface area contributed by atoms with Crippen LogP contribution in [0.25, 0.3) is 21.9 Å². The van der Waals surface area contributed by atoms with Crippen LogP contribution >= 0.6 is 0 Å². The average molecular weight is 198 g/mol. The van der Waals surface area contributed by atoms with Crippen LogP contribution in [0.2, 0.25) is 0 Å². The fourth-order valence-corrected chi connectivity index (χ4v) is 1.55. The van der Waals surface area contributed by atoms with E-state index in [0.717, 1.165) is 0 Å². The van der Waals surface area contributed by atoms with Gasteiger partial charge in [0.25, 0.3) is 0 Å². The Morgan fingerprint density at radius 3 is 2.00 bits per heavy atom. The van der Waals surface area contributed by atoms with Gasteiger partial charge >= 0.3 is 0 Å². The quantitative estimate of drug-likeness (QED) is 0.516. The summed E-state index contributed by atoms with van der Waals surface area (Å²) in [6.07, 6.45) is 6.21. The van der Waals surface area contributed by atoms with Crippen molar-refractivity contribution in [2.24, 2.45) is 0 Å². The Morgan fingerprint density at radius 1 is 0.933 bits per heavy atom. The molecule has 0 aliphatic heterocycles. The van der Waals surface area contributed by atoms with Gasteiger partial charge in [-0.2, -0.15) is 0 Å². The summed E-state index contributed by atoms with van der Waals surface area (Å²) in [5.74, 6) is 0. The molecule has 3 heterocycles. The van der Waals surface area contributed by atoms with Crippen LogP contribution in [0.4, 0.5) is 0 Å². The third-order valence-electron chi connectivity index (χ3n) is 2.27.